The molecule has 1 aromatic rings. The van der Waals surface area contributed by atoms with E-state index in [2.05, 4.69) is 21.8 Å². The van der Waals surface area contributed by atoms with Gasteiger partial charge in [-0.2, -0.15) is 0 Å². The molecule has 21 heavy (non-hydrogen) atoms. The Morgan fingerprint density at radius 1 is 1.29 bits per heavy atom. The second-order valence-electron chi connectivity index (χ2n) is 5.93. The molecule has 7 nitrogen and oxygen atoms in total. The van der Waals surface area contributed by atoms with Crippen LogP contribution in [0.1, 0.15) is 36.5 Å². The van der Waals surface area contributed by atoms with Gasteiger partial charge in [-0.05, 0) is 26.3 Å². The number of amides is 1. The Kier molecular flexibility index (Phi) is 3.67. The summed E-state index contributed by atoms with van der Waals surface area (Å²) in [6.45, 7) is 4.63. The van der Waals surface area contributed by atoms with Gasteiger partial charge < -0.3 is 9.88 Å². The summed E-state index contributed by atoms with van der Waals surface area (Å²) in [5.41, 5.74) is -1.22. The van der Waals surface area contributed by atoms with Crippen molar-refractivity contribution in [3.63, 3.8) is 0 Å². The first-order chi connectivity index (χ1) is 10.1. The number of carbonyl (C=O) groups excluding carboxylic acids is 1. The Bertz CT molecular complexity index is 644. The minimum Gasteiger partial charge on any atom is -0.335 e. The van der Waals surface area contributed by atoms with Crippen LogP contribution in [0, 0.1) is 0 Å². The highest BCUT2D eigenvalue weighted by Crippen LogP contribution is 2.24. The monoisotopic (exact) mass is 292 g/mol. The molecule has 0 spiro atoms. The lowest BCUT2D eigenvalue weighted by Crippen LogP contribution is -2.63. The second kappa shape index (κ2) is 5.48. The van der Waals surface area contributed by atoms with Crippen LogP contribution in [-0.2, 0) is 0 Å². The molecule has 2 aliphatic heterocycles. The van der Waals surface area contributed by atoms with Crippen LogP contribution < -0.4 is 11.2 Å². The van der Waals surface area contributed by atoms with E-state index in [1.54, 1.807) is 4.90 Å². The van der Waals surface area contributed by atoms with Crippen molar-refractivity contribution < 1.29 is 4.79 Å². The highest BCUT2D eigenvalue weighted by Gasteiger charge is 2.38. The summed E-state index contributed by atoms with van der Waals surface area (Å²) < 4.78 is 0. The van der Waals surface area contributed by atoms with Crippen molar-refractivity contribution in [3.05, 3.63) is 32.6 Å². The zero-order valence-electron chi connectivity index (χ0n) is 12.1. The maximum absolute atomic E-state index is 12.2. The summed E-state index contributed by atoms with van der Waals surface area (Å²) in [6, 6.07) is 0.962. The number of H-pyrrole nitrogens is 2. The molecule has 0 aromatic carbocycles. The summed E-state index contributed by atoms with van der Waals surface area (Å²) in [7, 11) is 0. The van der Waals surface area contributed by atoms with Crippen LogP contribution in [0.15, 0.2) is 15.8 Å². The second-order valence-corrected chi connectivity index (χ2v) is 5.93. The molecule has 0 bridgehead atoms. The molecule has 1 aromatic heterocycles. The van der Waals surface area contributed by atoms with Crippen molar-refractivity contribution in [2.45, 2.75) is 38.3 Å². The van der Waals surface area contributed by atoms with E-state index in [-0.39, 0.29) is 11.5 Å². The van der Waals surface area contributed by atoms with Crippen LogP contribution in [0.4, 0.5) is 0 Å². The average Bonchev–Trinajstić information content (AvgIpc) is 2.39. The largest absolute Gasteiger partial charge is 0.335 e. The Hall–Kier alpha value is -1.89. The molecule has 2 N–H and O–H groups in total. The van der Waals surface area contributed by atoms with Gasteiger partial charge in [0.05, 0.1) is 0 Å². The molecular formula is C14H20N4O3. The lowest BCUT2D eigenvalue weighted by Gasteiger charge is -2.49. The smallest absolute Gasteiger partial charge is 0.325 e. The lowest BCUT2D eigenvalue weighted by molar-refractivity contribution is 0.00200. The fourth-order valence-corrected chi connectivity index (χ4v) is 3.23. The minimum atomic E-state index is -0.626. The van der Waals surface area contributed by atoms with E-state index in [1.165, 1.54) is 25.5 Å². The van der Waals surface area contributed by atoms with Gasteiger partial charge in [0, 0.05) is 31.4 Å². The summed E-state index contributed by atoms with van der Waals surface area (Å²) in [5.74, 6) is -0.312. The van der Waals surface area contributed by atoms with Gasteiger partial charge in [-0.1, -0.05) is 6.42 Å². The molecule has 1 atom stereocenters. The number of hydrogen-bond donors (Lipinski definition) is 2. The topological polar surface area (TPSA) is 89.3 Å². The van der Waals surface area contributed by atoms with E-state index in [0.717, 1.165) is 6.54 Å². The van der Waals surface area contributed by atoms with Crippen LogP contribution in [0.5, 0.6) is 0 Å². The van der Waals surface area contributed by atoms with E-state index in [1.807, 2.05) is 0 Å². The predicted molar refractivity (Wildman–Crippen MR) is 77.4 cm³/mol. The van der Waals surface area contributed by atoms with Gasteiger partial charge in [-0.25, -0.2) is 4.79 Å². The molecule has 114 valence electrons. The van der Waals surface area contributed by atoms with Crippen LogP contribution in [0.25, 0.3) is 0 Å². The standard InChI is InChI=1S/C14H20N4O3/c1-9-4-2-3-5-18(9)10-7-17(8-10)13(20)11-6-15-14(21)16-12(11)19/h6,9-10H,2-5,7-8H2,1H3,(H2,15,16,19,21)/t9-/m1/s1. The Morgan fingerprint density at radius 3 is 2.71 bits per heavy atom. The van der Waals surface area contributed by atoms with Crippen LogP contribution in [0.2, 0.25) is 0 Å². The summed E-state index contributed by atoms with van der Waals surface area (Å²) in [6.07, 6.45) is 4.90. The number of carbonyl (C=O) groups is 1. The quantitative estimate of drug-likeness (QED) is 0.787. The van der Waals surface area contributed by atoms with E-state index >= 15 is 0 Å². The summed E-state index contributed by atoms with van der Waals surface area (Å²) >= 11 is 0. The minimum absolute atomic E-state index is 0.000238. The number of nitrogens with one attached hydrogen (secondary N) is 2. The maximum Gasteiger partial charge on any atom is 0.325 e. The third-order valence-corrected chi connectivity index (χ3v) is 4.52. The fraction of sp³-hybridized carbons (Fsp3) is 0.643. The van der Waals surface area contributed by atoms with Gasteiger partial charge in [0.15, 0.2) is 0 Å². The molecule has 0 aliphatic carbocycles. The average molecular weight is 292 g/mol. The number of nitrogens with zero attached hydrogens (tertiary/aromatic N) is 2. The number of rotatable bonds is 2. The third kappa shape index (κ3) is 2.65. The molecule has 1 amide bonds. The number of aromatic amines is 2. The van der Waals surface area contributed by atoms with Gasteiger partial charge in [0.25, 0.3) is 11.5 Å². The third-order valence-electron chi connectivity index (χ3n) is 4.52. The number of likely N-dealkylation sites (tertiary alicyclic amines) is 2. The Balaban J connectivity index is 1.64. The SMILES string of the molecule is C[C@@H]1CCCCN1C1CN(C(=O)c2c[nH]c(=O)[nH]c2=O)C1. The molecule has 3 heterocycles. The molecule has 2 aliphatic rings. The van der Waals surface area contributed by atoms with E-state index in [0.29, 0.717) is 25.2 Å². The Labute approximate surface area is 122 Å². The van der Waals surface area contributed by atoms with E-state index < -0.39 is 11.2 Å². The molecule has 0 unspecified atom stereocenters. The molecule has 0 radical (unpaired) electrons. The summed E-state index contributed by atoms with van der Waals surface area (Å²) in [5, 5.41) is 0. The van der Waals surface area contributed by atoms with Crippen molar-refractivity contribution in [1.29, 1.82) is 0 Å². The zero-order chi connectivity index (χ0) is 15.0. The number of aromatic nitrogens is 2. The molecular weight excluding hydrogens is 272 g/mol. The van der Waals surface area contributed by atoms with Crippen LogP contribution >= 0.6 is 0 Å². The maximum atomic E-state index is 12.2. The molecule has 0 saturated carbocycles. The Morgan fingerprint density at radius 2 is 2.05 bits per heavy atom. The first-order valence-corrected chi connectivity index (χ1v) is 7.43. The molecule has 2 fully saturated rings. The number of piperidine rings is 1. The summed E-state index contributed by atoms with van der Waals surface area (Å²) in [4.78, 5) is 43.4. The van der Waals surface area contributed by atoms with Gasteiger partial charge in [0.1, 0.15) is 5.56 Å². The van der Waals surface area contributed by atoms with Crippen molar-refractivity contribution in [1.82, 2.24) is 19.8 Å². The van der Waals surface area contributed by atoms with Gasteiger partial charge in [-0.15, -0.1) is 0 Å². The van der Waals surface area contributed by atoms with Crippen molar-refractivity contribution in [3.8, 4) is 0 Å². The normalized spacial score (nSPS) is 23.9. The van der Waals surface area contributed by atoms with Gasteiger partial charge in [-0.3, -0.25) is 19.5 Å². The highest BCUT2D eigenvalue weighted by molar-refractivity contribution is 5.94. The predicted octanol–water partition coefficient (Wildman–Crippen LogP) is -0.238. The highest BCUT2D eigenvalue weighted by atomic mass is 16.2. The molecule has 3 rings (SSSR count). The van der Waals surface area contributed by atoms with Crippen LogP contribution in [-0.4, -0.2) is 57.4 Å². The first kappa shape index (κ1) is 14.1. The van der Waals surface area contributed by atoms with Gasteiger partial charge in [0.2, 0.25) is 0 Å². The van der Waals surface area contributed by atoms with Gasteiger partial charge >= 0.3 is 5.69 Å². The molecule has 2 saturated heterocycles. The van der Waals surface area contributed by atoms with Crippen LogP contribution in [0.3, 0.4) is 0 Å². The lowest BCUT2D eigenvalue weighted by atomic mass is 9.97. The van der Waals surface area contributed by atoms with Crippen molar-refractivity contribution in [2.75, 3.05) is 19.6 Å². The van der Waals surface area contributed by atoms with E-state index in [9.17, 15) is 14.4 Å². The first-order valence-electron chi connectivity index (χ1n) is 7.43. The van der Waals surface area contributed by atoms with Crippen molar-refractivity contribution >= 4 is 5.91 Å². The van der Waals surface area contributed by atoms with Crippen molar-refractivity contribution in [2.24, 2.45) is 0 Å². The molecule has 7 heteroatoms. The number of hydrogen-bond acceptors (Lipinski definition) is 4. The zero-order valence-corrected chi connectivity index (χ0v) is 12.1. The van der Waals surface area contributed by atoms with E-state index in [4.69, 9.17) is 0 Å². The fourth-order valence-electron chi connectivity index (χ4n) is 3.23.